The molecule has 4 rings (SSSR count). The quantitative estimate of drug-likeness (QED) is 0.796. The Morgan fingerprint density at radius 3 is 2.77 bits per heavy atom. The van der Waals surface area contributed by atoms with Crippen LogP contribution in [0.15, 0.2) is 23.8 Å². The number of carbonyl (C=O) groups is 2. The van der Waals surface area contributed by atoms with Gasteiger partial charge in [-0.1, -0.05) is 32.4 Å². The highest BCUT2D eigenvalue weighted by molar-refractivity contribution is 6.01. The average molecular weight is 358 g/mol. The average Bonchev–Trinajstić information content (AvgIpc) is 2.84. The monoisotopic (exact) mass is 358 g/mol. The lowest BCUT2D eigenvalue weighted by Crippen LogP contribution is -2.56. The minimum Gasteiger partial charge on any atom is -0.393 e. The second kappa shape index (κ2) is 5.87. The summed E-state index contributed by atoms with van der Waals surface area (Å²) >= 11 is 0. The summed E-state index contributed by atoms with van der Waals surface area (Å²) in [7, 11) is 0. The molecule has 0 aliphatic heterocycles. The summed E-state index contributed by atoms with van der Waals surface area (Å²) in [6, 6.07) is 0. The van der Waals surface area contributed by atoms with Crippen molar-refractivity contribution in [1.82, 2.24) is 0 Å². The number of carbonyl (C=O) groups excluding carboxylic acids is 2. The summed E-state index contributed by atoms with van der Waals surface area (Å²) in [5.41, 5.74) is 0.647. The van der Waals surface area contributed by atoms with Gasteiger partial charge in [0.25, 0.3) is 0 Å². The predicted molar refractivity (Wildman–Crippen MR) is 98.1 cm³/mol. The van der Waals surface area contributed by atoms with Crippen LogP contribution in [-0.4, -0.2) is 34.5 Å². The number of hydrogen-bond acceptors (Lipinski definition) is 4. The molecular formula is C22H30O4. The molecule has 0 aromatic heterocycles. The van der Waals surface area contributed by atoms with Gasteiger partial charge in [-0.05, 0) is 61.0 Å². The third-order valence-electron chi connectivity index (χ3n) is 8.34. The lowest BCUT2D eigenvalue weighted by molar-refractivity contribution is -0.142. The van der Waals surface area contributed by atoms with Gasteiger partial charge in [0, 0.05) is 17.3 Å². The number of allylic oxidation sites excluding steroid dienone is 4. The van der Waals surface area contributed by atoms with E-state index in [-0.39, 0.29) is 40.2 Å². The van der Waals surface area contributed by atoms with Crippen LogP contribution in [0.25, 0.3) is 0 Å². The lowest BCUT2D eigenvalue weighted by atomic mass is 9.46. The molecule has 3 saturated carbocycles. The van der Waals surface area contributed by atoms with E-state index >= 15 is 0 Å². The molecule has 0 spiro atoms. The highest BCUT2D eigenvalue weighted by atomic mass is 16.3. The van der Waals surface area contributed by atoms with Gasteiger partial charge in [-0.15, -0.1) is 0 Å². The lowest BCUT2D eigenvalue weighted by Gasteiger charge is -2.58. The van der Waals surface area contributed by atoms with Crippen LogP contribution < -0.4 is 0 Å². The first-order chi connectivity index (χ1) is 12.2. The van der Waals surface area contributed by atoms with E-state index in [2.05, 4.69) is 20.8 Å². The third kappa shape index (κ3) is 2.27. The van der Waals surface area contributed by atoms with Gasteiger partial charge < -0.3 is 10.2 Å². The Morgan fingerprint density at radius 2 is 2.08 bits per heavy atom. The van der Waals surface area contributed by atoms with Crippen LogP contribution >= 0.6 is 0 Å². The first-order valence-electron chi connectivity index (χ1n) is 9.98. The van der Waals surface area contributed by atoms with Crippen molar-refractivity contribution in [3.63, 3.8) is 0 Å². The van der Waals surface area contributed by atoms with E-state index in [9.17, 15) is 19.8 Å². The third-order valence-corrected chi connectivity index (χ3v) is 8.34. The minimum atomic E-state index is -0.493. The van der Waals surface area contributed by atoms with E-state index in [4.69, 9.17) is 0 Å². The highest BCUT2D eigenvalue weighted by Crippen LogP contribution is 2.67. The van der Waals surface area contributed by atoms with Gasteiger partial charge in [0.1, 0.15) is 6.61 Å². The zero-order valence-corrected chi connectivity index (χ0v) is 15.9. The molecule has 0 heterocycles. The second-order valence-corrected chi connectivity index (χ2v) is 9.62. The van der Waals surface area contributed by atoms with Gasteiger partial charge in [0.15, 0.2) is 11.6 Å². The fourth-order valence-corrected chi connectivity index (χ4v) is 7.48. The van der Waals surface area contributed by atoms with E-state index in [1.807, 2.05) is 6.08 Å². The largest absolute Gasteiger partial charge is 0.393 e. The number of rotatable bonds is 2. The zero-order valence-electron chi connectivity index (χ0n) is 15.9. The Hall–Kier alpha value is -1.26. The Kier molecular flexibility index (Phi) is 4.09. The van der Waals surface area contributed by atoms with Gasteiger partial charge in [0.2, 0.25) is 0 Å². The Labute approximate surface area is 155 Å². The van der Waals surface area contributed by atoms with Gasteiger partial charge in [-0.3, -0.25) is 9.59 Å². The molecule has 4 nitrogen and oxygen atoms in total. The SMILES string of the molecule is C[C@@H]1CC2C3CCC4=CC(=O)C=C[C@]4(C)C3C(O)C[C@]2(C)C1C(=O)CO. The summed E-state index contributed by atoms with van der Waals surface area (Å²) < 4.78 is 0. The van der Waals surface area contributed by atoms with Crippen molar-refractivity contribution < 1.29 is 19.8 Å². The normalized spacial score (nSPS) is 49.9. The van der Waals surface area contributed by atoms with Gasteiger partial charge >= 0.3 is 0 Å². The van der Waals surface area contributed by atoms with Crippen LogP contribution in [0.3, 0.4) is 0 Å². The molecule has 2 N–H and O–H groups in total. The van der Waals surface area contributed by atoms with Crippen molar-refractivity contribution in [2.24, 2.45) is 40.4 Å². The number of aliphatic hydroxyl groups excluding tert-OH is 2. The van der Waals surface area contributed by atoms with E-state index in [0.29, 0.717) is 18.3 Å². The molecule has 0 saturated heterocycles. The van der Waals surface area contributed by atoms with Crippen LogP contribution in [-0.2, 0) is 9.59 Å². The predicted octanol–water partition coefficient (Wildman–Crippen LogP) is 2.69. The molecule has 26 heavy (non-hydrogen) atoms. The molecular weight excluding hydrogens is 328 g/mol. The van der Waals surface area contributed by atoms with Crippen LogP contribution in [0.2, 0.25) is 0 Å². The molecule has 142 valence electrons. The van der Waals surface area contributed by atoms with Crippen molar-refractivity contribution in [2.75, 3.05) is 6.61 Å². The van der Waals surface area contributed by atoms with Crippen molar-refractivity contribution in [1.29, 1.82) is 0 Å². The molecule has 0 aromatic carbocycles. The molecule has 0 radical (unpaired) electrons. The molecule has 5 unspecified atom stereocenters. The van der Waals surface area contributed by atoms with Crippen molar-refractivity contribution >= 4 is 11.6 Å². The first kappa shape index (κ1) is 18.1. The number of fused-ring (bicyclic) bond motifs is 5. The Balaban J connectivity index is 1.74. The summed E-state index contributed by atoms with van der Waals surface area (Å²) in [5.74, 6) is 0.886. The van der Waals surface area contributed by atoms with E-state index < -0.39 is 12.7 Å². The molecule has 8 atom stereocenters. The van der Waals surface area contributed by atoms with Crippen LogP contribution in [0, 0.1) is 40.4 Å². The number of ketones is 2. The van der Waals surface area contributed by atoms with E-state index in [1.54, 1.807) is 12.2 Å². The maximum atomic E-state index is 12.5. The summed E-state index contributed by atoms with van der Waals surface area (Å²) in [6.45, 7) is 6.04. The fraction of sp³-hybridized carbons (Fsp3) is 0.727. The van der Waals surface area contributed by atoms with Gasteiger partial charge in [0.05, 0.1) is 6.10 Å². The smallest absolute Gasteiger partial charge is 0.178 e. The molecule has 0 amide bonds. The summed E-state index contributed by atoms with van der Waals surface area (Å²) in [5, 5.41) is 20.7. The number of hydrogen-bond donors (Lipinski definition) is 2. The van der Waals surface area contributed by atoms with Crippen LogP contribution in [0.1, 0.15) is 46.5 Å². The molecule has 4 aliphatic rings. The van der Waals surface area contributed by atoms with Crippen LogP contribution in [0.4, 0.5) is 0 Å². The second-order valence-electron chi connectivity index (χ2n) is 9.62. The molecule has 0 bridgehead atoms. The maximum absolute atomic E-state index is 12.5. The number of Topliss-reactive ketones (excluding diaryl/α,β-unsaturated/α-hetero) is 1. The highest BCUT2D eigenvalue weighted by Gasteiger charge is 2.64. The molecule has 3 fully saturated rings. The molecule has 4 aliphatic carbocycles. The topological polar surface area (TPSA) is 74.6 Å². The van der Waals surface area contributed by atoms with Crippen LogP contribution in [0.5, 0.6) is 0 Å². The van der Waals surface area contributed by atoms with E-state index in [0.717, 1.165) is 24.8 Å². The summed E-state index contributed by atoms with van der Waals surface area (Å²) in [6.07, 6.45) is 8.39. The summed E-state index contributed by atoms with van der Waals surface area (Å²) in [4.78, 5) is 24.3. The Bertz CT molecular complexity index is 707. The minimum absolute atomic E-state index is 0.0501. The first-order valence-corrected chi connectivity index (χ1v) is 9.98. The molecule has 4 heteroatoms. The van der Waals surface area contributed by atoms with Crippen molar-refractivity contribution in [2.45, 2.75) is 52.6 Å². The van der Waals surface area contributed by atoms with Crippen molar-refractivity contribution in [3.8, 4) is 0 Å². The van der Waals surface area contributed by atoms with Gasteiger partial charge in [-0.25, -0.2) is 0 Å². The van der Waals surface area contributed by atoms with Gasteiger partial charge in [-0.2, -0.15) is 0 Å². The fourth-order valence-electron chi connectivity index (χ4n) is 7.48. The molecule has 0 aromatic rings. The number of aliphatic hydroxyl groups is 2. The van der Waals surface area contributed by atoms with E-state index in [1.165, 1.54) is 0 Å². The standard InChI is InChI=1S/C22H30O4/c1-12-8-16-15-5-4-13-9-14(24)6-7-21(13,2)20(15)17(25)10-22(16,3)19(12)18(26)11-23/h6-7,9,12,15-17,19-20,23,25H,4-5,8,10-11H2,1-3H3/t12-,15?,16?,17?,19?,20?,21+,22+/m1/s1. The Morgan fingerprint density at radius 1 is 1.35 bits per heavy atom. The zero-order chi connectivity index (χ0) is 18.9. The maximum Gasteiger partial charge on any atom is 0.178 e. The van der Waals surface area contributed by atoms with Crippen molar-refractivity contribution in [3.05, 3.63) is 23.8 Å².